The van der Waals surface area contributed by atoms with E-state index in [0.29, 0.717) is 13.0 Å². The van der Waals surface area contributed by atoms with Gasteiger partial charge in [0.1, 0.15) is 5.01 Å². The molecule has 1 atom stereocenters. The number of aromatic nitrogens is 1. The fourth-order valence-electron chi connectivity index (χ4n) is 1.97. The number of hydrogen-bond acceptors (Lipinski definition) is 5. The minimum absolute atomic E-state index is 0.262. The molecule has 114 valence electrons. The van der Waals surface area contributed by atoms with Crippen LogP contribution >= 0.6 is 11.3 Å². The van der Waals surface area contributed by atoms with E-state index in [0.717, 1.165) is 17.0 Å². The van der Waals surface area contributed by atoms with Crippen LogP contribution in [-0.2, 0) is 16.4 Å². The third-order valence-electron chi connectivity index (χ3n) is 3.12. The van der Waals surface area contributed by atoms with Gasteiger partial charge in [-0.25, -0.2) is 18.1 Å². The summed E-state index contributed by atoms with van der Waals surface area (Å²) in [5.41, 5.74) is 6.52. The molecule has 21 heavy (non-hydrogen) atoms. The zero-order valence-corrected chi connectivity index (χ0v) is 13.5. The van der Waals surface area contributed by atoms with E-state index in [1.165, 1.54) is 11.3 Å². The molecule has 0 saturated carbocycles. The van der Waals surface area contributed by atoms with Crippen LogP contribution < -0.4 is 10.5 Å². The van der Waals surface area contributed by atoms with Crippen molar-refractivity contribution in [3.63, 3.8) is 0 Å². The molecule has 0 aliphatic rings. The van der Waals surface area contributed by atoms with Crippen LogP contribution in [0.25, 0.3) is 0 Å². The molecule has 0 bridgehead atoms. The Morgan fingerprint density at radius 1 is 1.33 bits per heavy atom. The highest BCUT2D eigenvalue weighted by Crippen LogP contribution is 2.22. The lowest BCUT2D eigenvalue weighted by atomic mass is 10.2. The van der Waals surface area contributed by atoms with Crippen molar-refractivity contribution in [2.75, 3.05) is 6.54 Å². The lowest BCUT2D eigenvalue weighted by Gasteiger charge is -2.15. The van der Waals surface area contributed by atoms with Crippen molar-refractivity contribution in [3.8, 4) is 0 Å². The normalized spacial score (nSPS) is 13.2. The summed E-state index contributed by atoms with van der Waals surface area (Å²) in [5, 5.41) is 2.62. The van der Waals surface area contributed by atoms with E-state index in [1.807, 2.05) is 12.3 Å². The monoisotopic (exact) mass is 325 g/mol. The Balaban J connectivity index is 2.17. The van der Waals surface area contributed by atoms with Crippen molar-refractivity contribution in [3.05, 3.63) is 46.4 Å². The van der Waals surface area contributed by atoms with Gasteiger partial charge in [0.2, 0.25) is 10.0 Å². The molecule has 0 amide bonds. The van der Waals surface area contributed by atoms with Crippen LogP contribution in [0.3, 0.4) is 0 Å². The molecule has 0 radical (unpaired) electrons. The maximum absolute atomic E-state index is 12.4. The van der Waals surface area contributed by atoms with E-state index >= 15 is 0 Å². The number of nitrogens with zero attached hydrogens (tertiary/aromatic N) is 1. The average Bonchev–Trinajstić information content (AvgIpc) is 3.00. The van der Waals surface area contributed by atoms with E-state index in [-0.39, 0.29) is 10.9 Å². The molecule has 0 aliphatic carbocycles. The number of nitrogens with one attached hydrogen (secondary N) is 1. The summed E-state index contributed by atoms with van der Waals surface area (Å²) in [6, 6.07) is 6.53. The highest BCUT2D eigenvalue weighted by Gasteiger charge is 2.21. The molecule has 2 aromatic rings. The molecule has 3 N–H and O–H groups in total. The number of rotatable bonds is 7. The molecule has 2 rings (SSSR count). The Kier molecular flexibility index (Phi) is 5.46. The molecule has 1 aromatic carbocycles. The maximum atomic E-state index is 12.4. The summed E-state index contributed by atoms with van der Waals surface area (Å²) in [7, 11) is -3.54. The van der Waals surface area contributed by atoms with E-state index in [9.17, 15) is 8.42 Å². The Labute approximate surface area is 129 Å². The van der Waals surface area contributed by atoms with Crippen molar-refractivity contribution in [1.29, 1.82) is 0 Å². The number of hydrogen-bond donors (Lipinski definition) is 2. The second kappa shape index (κ2) is 7.13. The maximum Gasteiger partial charge on any atom is 0.241 e. The van der Waals surface area contributed by atoms with E-state index in [1.54, 1.807) is 30.5 Å². The number of nitrogens with two attached hydrogens (primary N) is 1. The van der Waals surface area contributed by atoms with Gasteiger partial charge in [-0.3, -0.25) is 0 Å². The Hall–Kier alpha value is -1.28. The highest BCUT2D eigenvalue weighted by molar-refractivity contribution is 7.89. The molecule has 1 heterocycles. The second-order valence-electron chi connectivity index (χ2n) is 4.64. The Morgan fingerprint density at radius 3 is 2.57 bits per heavy atom. The van der Waals surface area contributed by atoms with E-state index in [2.05, 4.69) is 9.71 Å². The minimum Gasteiger partial charge on any atom is -0.330 e. The summed E-state index contributed by atoms with van der Waals surface area (Å²) in [6.45, 7) is 2.48. The molecule has 0 saturated heterocycles. The summed E-state index contributed by atoms with van der Waals surface area (Å²) < 4.78 is 27.5. The Bertz CT molecular complexity index is 652. The van der Waals surface area contributed by atoms with Crippen LogP contribution in [0, 0.1) is 0 Å². The smallest absolute Gasteiger partial charge is 0.241 e. The quantitative estimate of drug-likeness (QED) is 0.816. The van der Waals surface area contributed by atoms with Crippen molar-refractivity contribution in [2.45, 2.75) is 30.7 Å². The van der Waals surface area contributed by atoms with Gasteiger partial charge in [-0.05, 0) is 37.1 Å². The van der Waals surface area contributed by atoms with Crippen LogP contribution in [0.2, 0.25) is 0 Å². The van der Waals surface area contributed by atoms with Gasteiger partial charge in [0, 0.05) is 11.6 Å². The first-order chi connectivity index (χ1) is 10.1. The van der Waals surface area contributed by atoms with Crippen molar-refractivity contribution in [1.82, 2.24) is 9.71 Å². The topological polar surface area (TPSA) is 85.1 Å². The first-order valence-electron chi connectivity index (χ1n) is 6.77. The molecule has 0 fully saturated rings. The lowest BCUT2D eigenvalue weighted by molar-refractivity contribution is 0.549. The van der Waals surface area contributed by atoms with Gasteiger partial charge < -0.3 is 5.73 Å². The number of sulfonamides is 1. The number of benzene rings is 1. The molecular weight excluding hydrogens is 306 g/mol. The van der Waals surface area contributed by atoms with Crippen LogP contribution in [-0.4, -0.2) is 19.9 Å². The van der Waals surface area contributed by atoms with Gasteiger partial charge in [0.05, 0.1) is 10.9 Å². The SMILES string of the molecule is CCC(NS(=O)(=O)c1ccc(CCN)cc1)c1nccs1. The van der Waals surface area contributed by atoms with Gasteiger partial charge >= 0.3 is 0 Å². The third-order valence-corrected chi connectivity index (χ3v) is 5.50. The average molecular weight is 325 g/mol. The van der Waals surface area contributed by atoms with E-state index in [4.69, 9.17) is 5.73 Å². The molecule has 1 unspecified atom stereocenters. The molecule has 5 nitrogen and oxygen atoms in total. The second-order valence-corrected chi connectivity index (χ2v) is 7.28. The molecule has 0 aliphatic heterocycles. The molecular formula is C14H19N3O2S2. The number of thiazole rings is 1. The van der Waals surface area contributed by atoms with Crippen LogP contribution in [0.15, 0.2) is 40.7 Å². The third kappa shape index (κ3) is 4.10. The minimum atomic E-state index is -3.54. The van der Waals surface area contributed by atoms with Gasteiger partial charge in [-0.1, -0.05) is 19.1 Å². The van der Waals surface area contributed by atoms with Crippen molar-refractivity contribution < 1.29 is 8.42 Å². The summed E-state index contributed by atoms with van der Waals surface area (Å²) in [6.07, 6.45) is 3.07. The van der Waals surface area contributed by atoms with Gasteiger partial charge in [-0.2, -0.15) is 0 Å². The van der Waals surface area contributed by atoms with Crippen LogP contribution in [0.4, 0.5) is 0 Å². The predicted molar refractivity (Wildman–Crippen MR) is 84.7 cm³/mol. The fourth-order valence-corrected chi connectivity index (χ4v) is 4.10. The lowest BCUT2D eigenvalue weighted by Crippen LogP contribution is -2.28. The predicted octanol–water partition coefficient (Wildman–Crippen LogP) is 2.07. The van der Waals surface area contributed by atoms with E-state index < -0.39 is 10.0 Å². The Morgan fingerprint density at radius 2 is 2.05 bits per heavy atom. The summed E-state index contributed by atoms with van der Waals surface area (Å²) in [4.78, 5) is 4.44. The molecule has 0 spiro atoms. The zero-order chi connectivity index (χ0) is 15.3. The molecule has 7 heteroatoms. The molecule has 1 aromatic heterocycles. The standard InChI is InChI=1S/C14H19N3O2S2/c1-2-13(14-16-9-10-20-14)17-21(18,19)12-5-3-11(4-6-12)7-8-15/h3-6,9-10,13,17H,2,7-8,15H2,1H3. The van der Waals surface area contributed by atoms with Gasteiger partial charge in [0.25, 0.3) is 0 Å². The summed E-state index contributed by atoms with van der Waals surface area (Å²) in [5.74, 6) is 0. The van der Waals surface area contributed by atoms with Crippen LogP contribution in [0.5, 0.6) is 0 Å². The van der Waals surface area contributed by atoms with Gasteiger partial charge in [-0.15, -0.1) is 11.3 Å². The van der Waals surface area contributed by atoms with Crippen molar-refractivity contribution in [2.24, 2.45) is 5.73 Å². The zero-order valence-electron chi connectivity index (χ0n) is 11.8. The highest BCUT2D eigenvalue weighted by atomic mass is 32.2. The fraction of sp³-hybridized carbons (Fsp3) is 0.357. The van der Waals surface area contributed by atoms with Crippen LogP contribution in [0.1, 0.15) is 30.0 Å². The van der Waals surface area contributed by atoms with Crippen molar-refractivity contribution >= 4 is 21.4 Å². The largest absolute Gasteiger partial charge is 0.330 e. The first kappa shape index (κ1) is 16.1. The first-order valence-corrected chi connectivity index (χ1v) is 9.14. The van der Waals surface area contributed by atoms with Gasteiger partial charge in [0.15, 0.2) is 0 Å². The summed E-state index contributed by atoms with van der Waals surface area (Å²) >= 11 is 1.45.